The number of nitrogens with zero attached hydrogens (tertiary/aromatic N) is 3. The Morgan fingerprint density at radius 2 is 2.11 bits per heavy atom. The average Bonchev–Trinajstić information content (AvgIpc) is 2.96. The third-order valence-corrected chi connectivity index (χ3v) is 5.06. The van der Waals surface area contributed by atoms with Crippen LogP contribution in [0.4, 0.5) is 5.69 Å². The number of rotatable bonds is 5. The molecule has 1 amide bonds. The van der Waals surface area contributed by atoms with E-state index in [-0.39, 0.29) is 12.5 Å². The Balaban J connectivity index is 1.90. The molecule has 0 bridgehead atoms. The van der Waals surface area contributed by atoms with E-state index in [1.807, 2.05) is 43.3 Å². The molecule has 136 valence electrons. The number of benzene rings is 2. The molecule has 5 nitrogen and oxygen atoms in total. The van der Waals surface area contributed by atoms with E-state index in [2.05, 4.69) is 4.99 Å². The second-order valence-corrected chi connectivity index (χ2v) is 6.94. The second-order valence-electron chi connectivity index (χ2n) is 5.53. The fraction of sp³-hybridized carbons (Fsp3) is 0.150. The molecule has 1 aliphatic rings. The summed E-state index contributed by atoms with van der Waals surface area (Å²) in [6.07, 6.45) is 1.80. The van der Waals surface area contributed by atoms with Gasteiger partial charge in [0, 0.05) is 6.54 Å². The molecule has 7 heteroatoms. The van der Waals surface area contributed by atoms with Crippen LogP contribution in [0.15, 0.2) is 58.4 Å². The van der Waals surface area contributed by atoms with Gasteiger partial charge in [-0.15, -0.1) is 0 Å². The van der Waals surface area contributed by atoms with Gasteiger partial charge in [-0.2, -0.15) is 5.26 Å². The van der Waals surface area contributed by atoms with Crippen LogP contribution < -0.4 is 4.74 Å². The highest BCUT2D eigenvalue weighted by atomic mass is 35.5. The lowest BCUT2D eigenvalue weighted by Gasteiger charge is -2.12. The van der Waals surface area contributed by atoms with E-state index in [9.17, 15) is 4.79 Å². The highest BCUT2D eigenvalue weighted by Gasteiger charge is 2.32. The summed E-state index contributed by atoms with van der Waals surface area (Å²) in [5.74, 6) is 0.482. The first kappa shape index (κ1) is 19.0. The molecule has 1 saturated heterocycles. The highest BCUT2D eigenvalue weighted by Crippen LogP contribution is 2.35. The van der Waals surface area contributed by atoms with Crippen molar-refractivity contribution in [3.8, 4) is 11.8 Å². The maximum Gasteiger partial charge on any atom is 0.266 e. The lowest BCUT2D eigenvalue weighted by molar-refractivity contribution is -0.122. The fourth-order valence-corrected chi connectivity index (χ4v) is 3.71. The van der Waals surface area contributed by atoms with Gasteiger partial charge in [0.15, 0.2) is 11.8 Å². The fourth-order valence-electron chi connectivity index (χ4n) is 2.48. The zero-order valence-corrected chi connectivity index (χ0v) is 16.1. The van der Waals surface area contributed by atoms with Crippen LogP contribution >= 0.6 is 23.4 Å². The van der Waals surface area contributed by atoms with Crippen LogP contribution in [0.25, 0.3) is 6.08 Å². The van der Waals surface area contributed by atoms with Gasteiger partial charge in [-0.3, -0.25) is 9.69 Å². The van der Waals surface area contributed by atoms with Gasteiger partial charge in [0.25, 0.3) is 5.91 Å². The van der Waals surface area contributed by atoms with Gasteiger partial charge in [0.2, 0.25) is 0 Å². The molecule has 2 aromatic carbocycles. The Kier molecular flexibility index (Phi) is 6.17. The first-order chi connectivity index (χ1) is 13.1. The molecule has 0 atom stereocenters. The Bertz CT molecular complexity index is 966. The van der Waals surface area contributed by atoms with Crippen molar-refractivity contribution in [3.05, 3.63) is 64.0 Å². The quantitative estimate of drug-likeness (QED) is 0.675. The summed E-state index contributed by atoms with van der Waals surface area (Å²) in [5, 5.41) is 9.76. The number of carbonyl (C=O) groups excluding carboxylic acids is 1. The maximum absolute atomic E-state index is 12.7. The van der Waals surface area contributed by atoms with E-state index < -0.39 is 0 Å². The van der Waals surface area contributed by atoms with Gasteiger partial charge >= 0.3 is 0 Å². The summed E-state index contributed by atoms with van der Waals surface area (Å²) in [5.41, 5.74) is 1.44. The van der Waals surface area contributed by atoms with E-state index in [4.69, 9.17) is 21.6 Å². The number of para-hydroxylation sites is 1. The third-order valence-electron chi connectivity index (χ3n) is 3.73. The normalized spacial score (nSPS) is 16.8. The van der Waals surface area contributed by atoms with Crippen LogP contribution in [-0.4, -0.2) is 29.1 Å². The summed E-state index contributed by atoms with van der Waals surface area (Å²) < 4.78 is 5.31. The van der Waals surface area contributed by atoms with E-state index in [0.717, 1.165) is 5.56 Å². The van der Waals surface area contributed by atoms with Crippen molar-refractivity contribution in [1.82, 2.24) is 4.90 Å². The molecule has 2 aromatic rings. The number of likely N-dealkylation sites (N-methyl/N-ethyl adjacent to an activating group) is 1. The summed E-state index contributed by atoms with van der Waals surface area (Å²) in [4.78, 5) is 19.5. The van der Waals surface area contributed by atoms with Crippen LogP contribution in [0.2, 0.25) is 5.02 Å². The maximum atomic E-state index is 12.7. The summed E-state index contributed by atoms with van der Waals surface area (Å²) in [6.45, 7) is 2.39. The topological polar surface area (TPSA) is 65.7 Å². The molecule has 1 fully saturated rings. The number of halogens is 1. The number of thioether (sulfide) groups is 1. The van der Waals surface area contributed by atoms with Gasteiger partial charge in [-0.05, 0) is 54.6 Å². The van der Waals surface area contributed by atoms with Crippen molar-refractivity contribution in [3.63, 3.8) is 0 Å². The van der Waals surface area contributed by atoms with Crippen LogP contribution in [0.5, 0.6) is 5.75 Å². The van der Waals surface area contributed by atoms with E-state index in [1.54, 1.807) is 29.2 Å². The summed E-state index contributed by atoms with van der Waals surface area (Å²) in [6, 6.07) is 16.5. The van der Waals surface area contributed by atoms with Crippen molar-refractivity contribution in [2.75, 3.05) is 13.2 Å². The minimum atomic E-state index is -0.100. The molecule has 0 aliphatic carbocycles. The summed E-state index contributed by atoms with van der Waals surface area (Å²) >= 11 is 7.49. The minimum absolute atomic E-state index is 0.0219. The zero-order valence-electron chi connectivity index (χ0n) is 14.6. The first-order valence-corrected chi connectivity index (χ1v) is 9.46. The Hall–Kier alpha value is -2.75. The van der Waals surface area contributed by atoms with Crippen molar-refractivity contribution < 1.29 is 9.53 Å². The van der Waals surface area contributed by atoms with Gasteiger partial charge in [-0.25, -0.2) is 4.99 Å². The molecule has 3 rings (SSSR count). The van der Waals surface area contributed by atoms with Crippen LogP contribution in [0, 0.1) is 11.3 Å². The molecule has 0 saturated carbocycles. The molecule has 1 aliphatic heterocycles. The lowest BCUT2D eigenvalue weighted by Crippen LogP contribution is -2.28. The predicted octanol–water partition coefficient (Wildman–Crippen LogP) is 4.87. The van der Waals surface area contributed by atoms with E-state index >= 15 is 0 Å². The number of amides is 1. The number of carbonyl (C=O) groups is 1. The second kappa shape index (κ2) is 8.76. The average molecular weight is 398 g/mol. The molecule has 0 aromatic heterocycles. The zero-order chi connectivity index (χ0) is 19.2. The highest BCUT2D eigenvalue weighted by molar-refractivity contribution is 8.18. The Morgan fingerprint density at radius 3 is 2.85 bits per heavy atom. The van der Waals surface area contributed by atoms with Gasteiger partial charge < -0.3 is 4.74 Å². The molecular weight excluding hydrogens is 382 g/mol. The SMILES string of the molecule is CCN1C(=O)/C(=C/c2cccc(OCC#N)c2)SC1=Nc1ccccc1Cl. The number of nitriles is 1. The van der Waals surface area contributed by atoms with Crippen LogP contribution in [0.1, 0.15) is 12.5 Å². The van der Waals surface area contributed by atoms with E-state index in [0.29, 0.717) is 33.1 Å². The lowest BCUT2D eigenvalue weighted by atomic mass is 10.2. The minimum Gasteiger partial charge on any atom is -0.479 e. The molecule has 1 heterocycles. The smallest absolute Gasteiger partial charge is 0.266 e. The molecular formula is C20H16ClN3O2S. The summed E-state index contributed by atoms with van der Waals surface area (Å²) in [7, 11) is 0. The van der Waals surface area contributed by atoms with Crippen molar-refractivity contribution in [1.29, 1.82) is 5.26 Å². The van der Waals surface area contributed by atoms with Crippen molar-refractivity contribution in [2.45, 2.75) is 6.92 Å². The van der Waals surface area contributed by atoms with Crippen LogP contribution in [0.3, 0.4) is 0 Å². The Morgan fingerprint density at radius 1 is 1.30 bits per heavy atom. The van der Waals surface area contributed by atoms with E-state index in [1.165, 1.54) is 11.8 Å². The number of hydrogen-bond donors (Lipinski definition) is 0. The first-order valence-electron chi connectivity index (χ1n) is 8.27. The number of aliphatic imine (C=N–C) groups is 1. The molecule has 0 spiro atoms. The van der Waals surface area contributed by atoms with Gasteiger partial charge in [0.05, 0.1) is 15.6 Å². The molecule has 0 radical (unpaired) electrons. The number of hydrogen-bond acceptors (Lipinski definition) is 5. The molecule has 27 heavy (non-hydrogen) atoms. The third kappa shape index (κ3) is 4.51. The molecule has 0 N–H and O–H groups in total. The van der Waals surface area contributed by atoms with Gasteiger partial charge in [0.1, 0.15) is 11.8 Å². The molecule has 0 unspecified atom stereocenters. The van der Waals surface area contributed by atoms with Crippen LogP contribution in [-0.2, 0) is 4.79 Å². The number of ether oxygens (including phenoxy) is 1. The van der Waals surface area contributed by atoms with Crippen molar-refractivity contribution >= 4 is 46.2 Å². The Labute approximate surface area is 166 Å². The number of amidine groups is 1. The van der Waals surface area contributed by atoms with Gasteiger partial charge in [-0.1, -0.05) is 35.9 Å². The largest absolute Gasteiger partial charge is 0.479 e. The predicted molar refractivity (Wildman–Crippen MR) is 109 cm³/mol. The monoisotopic (exact) mass is 397 g/mol. The van der Waals surface area contributed by atoms with Crippen molar-refractivity contribution in [2.24, 2.45) is 4.99 Å². The standard InChI is InChI=1S/C20H16ClN3O2S/c1-2-24-19(25)18(13-14-6-5-7-15(12-14)26-11-10-22)27-20(24)23-17-9-4-3-8-16(17)21/h3-9,12-13H,2,11H2,1H3/b18-13-,23-20?.